The summed E-state index contributed by atoms with van der Waals surface area (Å²) in [6.07, 6.45) is 3.09. The van der Waals surface area contributed by atoms with E-state index in [9.17, 15) is 14.9 Å². The molecule has 0 amide bonds. The van der Waals surface area contributed by atoms with Crippen LogP contribution in [-0.4, -0.2) is 66.9 Å². The standard InChI is InChI=1S/C13H22N4O3S.C6H14N2O2/c1-14-13(9-17(18)19)15-6-7-21-10-12-5-4-11(20-12)8-16(2)3;7-4-2-1-3-5(8)6(9)10/h4-5,9,14-15H,6-8,10H2,1-3H3;5H,1-4,7-8H2,(H,9,10)/t;5-/m.0/s1. The van der Waals surface area contributed by atoms with Crippen molar-refractivity contribution in [3.05, 3.63) is 45.8 Å². The van der Waals surface area contributed by atoms with Gasteiger partial charge in [0.25, 0.3) is 6.20 Å². The Morgan fingerprint density at radius 2 is 2.06 bits per heavy atom. The van der Waals surface area contributed by atoms with Gasteiger partial charge in [0.2, 0.25) is 0 Å². The number of hydrogen-bond acceptors (Lipinski definition) is 10. The Bertz CT molecular complexity index is 668. The summed E-state index contributed by atoms with van der Waals surface area (Å²) in [6, 6.07) is 3.27. The van der Waals surface area contributed by atoms with Crippen LogP contribution in [0.25, 0.3) is 0 Å². The van der Waals surface area contributed by atoms with Crippen molar-refractivity contribution in [1.29, 1.82) is 0 Å². The maximum atomic E-state index is 10.3. The molecule has 1 atom stereocenters. The van der Waals surface area contributed by atoms with E-state index < -0.39 is 16.9 Å². The molecule has 0 spiro atoms. The summed E-state index contributed by atoms with van der Waals surface area (Å²) in [5.74, 6) is 3.01. The van der Waals surface area contributed by atoms with Gasteiger partial charge in [-0.3, -0.25) is 14.9 Å². The van der Waals surface area contributed by atoms with Crippen molar-refractivity contribution in [2.24, 2.45) is 11.5 Å². The lowest BCUT2D eigenvalue weighted by Gasteiger charge is -2.07. The number of rotatable bonds is 15. The van der Waals surface area contributed by atoms with Gasteiger partial charge in [-0.15, -0.1) is 0 Å². The minimum Gasteiger partial charge on any atom is -0.480 e. The van der Waals surface area contributed by atoms with Crippen LogP contribution in [0.1, 0.15) is 30.8 Å². The van der Waals surface area contributed by atoms with Crippen LogP contribution in [-0.2, 0) is 17.1 Å². The fraction of sp³-hybridized carbons (Fsp3) is 0.632. The highest BCUT2D eigenvalue weighted by Crippen LogP contribution is 2.15. The number of nitrogens with one attached hydrogen (secondary N) is 2. The smallest absolute Gasteiger partial charge is 0.320 e. The maximum Gasteiger partial charge on any atom is 0.320 e. The third-order valence-corrected chi connectivity index (χ3v) is 4.77. The van der Waals surface area contributed by atoms with Crippen molar-refractivity contribution in [1.82, 2.24) is 15.5 Å². The van der Waals surface area contributed by atoms with Gasteiger partial charge in [-0.25, -0.2) is 0 Å². The predicted octanol–water partition coefficient (Wildman–Crippen LogP) is 0.986. The fourth-order valence-electron chi connectivity index (χ4n) is 2.26. The average Bonchev–Trinajstić information content (AvgIpc) is 3.13. The minimum atomic E-state index is -0.933. The molecule has 11 nitrogen and oxygen atoms in total. The van der Waals surface area contributed by atoms with Crippen LogP contribution in [0.2, 0.25) is 0 Å². The molecule has 0 aromatic carbocycles. The molecule has 0 aliphatic heterocycles. The number of nitrogens with two attached hydrogens (primary N) is 2. The molecule has 0 saturated carbocycles. The number of carbonyl (C=O) groups is 1. The monoisotopic (exact) mass is 460 g/mol. The molecule has 31 heavy (non-hydrogen) atoms. The van der Waals surface area contributed by atoms with E-state index in [0.29, 0.717) is 25.3 Å². The number of unbranched alkanes of at least 4 members (excludes halogenated alkanes) is 1. The summed E-state index contributed by atoms with van der Waals surface area (Å²) in [6.45, 7) is 2.05. The topological polar surface area (TPSA) is 173 Å². The summed E-state index contributed by atoms with van der Waals surface area (Å²) in [7, 11) is 5.64. The summed E-state index contributed by atoms with van der Waals surface area (Å²) < 4.78 is 5.70. The molecular formula is C19H36N6O5S. The number of furan rings is 1. The van der Waals surface area contributed by atoms with Crippen molar-refractivity contribution >= 4 is 17.7 Å². The van der Waals surface area contributed by atoms with Gasteiger partial charge in [-0.05, 0) is 45.6 Å². The Morgan fingerprint density at radius 1 is 1.39 bits per heavy atom. The Kier molecular flexibility index (Phi) is 16.1. The molecule has 0 bridgehead atoms. The molecule has 0 unspecified atom stereocenters. The van der Waals surface area contributed by atoms with Crippen LogP contribution in [0.3, 0.4) is 0 Å². The van der Waals surface area contributed by atoms with Gasteiger partial charge in [0.15, 0.2) is 5.82 Å². The molecule has 1 heterocycles. The number of carboxylic acids is 1. The second-order valence-electron chi connectivity index (χ2n) is 6.89. The van der Waals surface area contributed by atoms with E-state index in [4.69, 9.17) is 21.0 Å². The number of hydrogen-bond donors (Lipinski definition) is 5. The second kappa shape index (κ2) is 17.4. The lowest BCUT2D eigenvalue weighted by Crippen LogP contribution is -2.29. The van der Waals surface area contributed by atoms with Gasteiger partial charge in [-0.1, -0.05) is 6.42 Å². The number of nitrogens with zero attached hydrogens (tertiary/aromatic N) is 2. The quantitative estimate of drug-likeness (QED) is 0.143. The van der Waals surface area contributed by atoms with Gasteiger partial charge < -0.3 is 36.5 Å². The first-order valence-electron chi connectivity index (χ1n) is 9.95. The van der Waals surface area contributed by atoms with E-state index in [1.165, 1.54) is 0 Å². The van der Waals surface area contributed by atoms with Gasteiger partial charge >= 0.3 is 5.97 Å². The van der Waals surface area contributed by atoms with E-state index in [0.717, 1.165) is 48.6 Å². The van der Waals surface area contributed by atoms with Crippen LogP contribution >= 0.6 is 11.8 Å². The molecule has 0 radical (unpaired) electrons. The third-order valence-electron chi connectivity index (χ3n) is 3.79. The summed E-state index contributed by atoms with van der Waals surface area (Å²) in [5.41, 5.74) is 10.4. The van der Waals surface area contributed by atoms with E-state index in [1.54, 1.807) is 18.8 Å². The maximum absolute atomic E-state index is 10.3. The zero-order chi connectivity index (χ0) is 23.6. The summed E-state index contributed by atoms with van der Waals surface area (Å²) >= 11 is 1.72. The van der Waals surface area contributed by atoms with E-state index in [2.05, 4.69) is 15.5 Å². The van der Waals surface area contributed by atoms with Crippen molar-refractivity contribution < 1.29 is 19.2 Å². The minimum absolute atomic E-state index is 0.409. The van der Waals surface area contributed by atoms with Gasteiger partial charge in [0, 0.05) is 19.3 Å². The highest BCUT2D eigenvalue weighted by Gasteiger charge is 2.09. The average molecular weight is 461 g/mol. The van der Waals surface area contributed by atoms with Crippen LogP contribution < -0.4 is 22.1 Å². The molecule has 1 aromatic heterocycles. The molecule has 0 aliphatic rings. The molecule has 1 aromatic rings. The Labute approximate surface area is 187 Å². The molecule has 12 heteroatoms. The summed E-state index contributed by atoms with van der Waals surface area (Å²) in [5, 5.41) is 24.4. The lowest BCUT2D eigenvalue weighted by atomic mass is 10.1. The van der Waals surface area contributed by atoms with Gasteiger partial charge in [0.05, 0.1) is 17.2 Å². The van der Waals surface area contributed by atoms with Crippen LogP contribution in [0.5, 0.6) is 0 Å². The molecule has 178 valence electrons. The lowest BCUT2D eigenvalue weighted by molar-refractivity contribution is -0.404. The first-order chi connectivity index (χ1) is 14.7. The normalized spacial score (nSPS) is 12.1. The molecular weight excluding hydrogens is 424 g/mol. The number of nitro groups is 1. The number of thioether (sulfide) groups is 1. The SMILES string of the molecule is CNC(=C[N+](=O)[O-])NCCSCc1ccc(CN(C)C)o1.NCCCC[C@H](N)C(=O)O. The zero-order valence-electron chi connectivity index (χ0n) is 18.5. The van der Waals surface area contributed by atoms with E-state index in [1.807, 2.05) is 26.2 Å². The zero-order valence-corrected chi connectivity index (χ0v) is 19.3. The van der Waals surface area contributed by atoms with E-state index >= 15 is 0 Å². The molecule has 0 aliphatic carbocycles. The van der Waals surface area contributed by atoms with Crippen LogP contribution in [0.4, 0.5) is 0 Å². The second-order valence-corrected chi connectivity index (χ2v) is 8.00. The number of aliphatic carboxylic acids is 1. The summed E-state index contributed by atoms with van der Waals surface area (Å²) in [4.78, 5) is 22.1. The highest BCUT2D eigenvalue weighted by atomic mass is 32.2. The Morgan fingerprint density at radius 3 is 2.61 bits per heavy atom. The molecule has 7 N–H and O–H groups in total. The number of carboxylic acid groups (broad SMARTS) is 1. The predicted molar refractivity (Wildman–Crippen MR) is 123 cm³/mol. The largest absolute Gasteiger partial charge is 0.480 e. The van der Waals surface area contributed by atoms with Crippen molar-refractivity contribution in [3.8, 4) is 0 Å². The molecule has 0 fully saturated rings. The van der Waals surface area contributed by atoms with Crippen molar-refractivity contribution in [3.63, 3.8) is 0 Å². The fourth-order valence-corrected chi connectivity index (χ4v) is 3.01. The highest BCUT2D eigenvalue weighted by molar-refractivity contribution is 7.98. The van der Waals surface area contributed by atoms with Crippen molar-refractivity contribution in [2.75, 3.05) is 40.0 Å². The van der Waals surface area contributed by atoms with E-state index in [-0.39, 0.29) is 0 Å². The Balaban J connectivity index is 0.000000759. The van der Waals surface area contributed by atoms with Gasteiger partial charge in [0.1, 0.15) is 17.6 Å². The van der Waals surface area contributed by atoms with Gasteiger partial charge in [-0.2, -0.15) is 11.8 Å². The molecule has 1 rings (SSSR count). The van der Waals surface area contributed by atoms with Crippen LogP contribution in [0.15, 0.2) is 28.6 Å². The first kappa shape index (κ1) is 28.7. The first-order valence-corrected chi connectivity index (χ1v) is 11.1. The van der Waals surface area contributed by atoms with Crippen LogP contribution in [0, 0.1) is 10.1 Å². The van der Waals surface area contributed by atoms with Crippen molar-refractivity contribution in [2.45, 2.75) is 37.6 Å². The third kappa shape index (κ3) is 16.1. The molecule has 0 saturated heterocycles. The Hall–Kier alpha value is -2.28.